The van der Waals surface area contributed by atoms with Crippen LogP contribution in [0.25, 0.3) is 0 Å². The minimum Gasteiger partial charge on any atom is -0.382 e. The Labute approximate surface area is 61.7 Å². The van der Waals surface area contributed by atoms with Crippen LogP contribution in [0.3, 0.4) is 0 Å². The van der Waals surface area contributed by atoms with Crippen molar-refractivity contribution in [2.45, 2.75) is 12.5 Å². The van der Waals surface area contributed by atoms with E-state index in [4.69, 9.17) is 9.47 Å². The first-order valence-electron chi connectivity index (χ1n) is 3.74. The molecule has 10 heavy (non-hydrogen) atoms. The van der Waals surface area contributed by atoms with Crippen molar-refractivity contribution in [2.24, 2.45) is 0 Å². The molecule has 1 aliphatic rings. The molecule has 0 aromatic heterocycles. The topological polar surface area (TPSA) is 30.5 Å². The van der Waals surface area contributed by atoms with Crippen molar-refractivity contribution >= 4 is 0 Å². The average molecular weight is 145 g/mol. The number of ether oxygens (including phenoxy) is 2. The maximum absolute atomic E-state index is 5.46. The van der Waals surface area contributed by atoms with Crippen LogP contribution in [-0.4, -0.2) is 39.5 Å². The molecule has 0 unspecified atom stereocenters. The molecule has 0 spiro atoms. The molecule has 1 saturated heterocycles. The second kappa shape index (κ2) is 4.66. The Morgan fingerprint density at radius 1 is 1.60 bits per heavy atom. The van der Waals surface area contributed by atoms with Crippen molar-refractivity contribution in [3.05, 3.63) is 0 Å². The second-order valence-electron chi connectivity index (χ2n) is 2.49. The first-order valence-corrected chi connectivity index (χ1v) is 3.74. The Balaban J connectivity index is 2.15. The number of rotatable bonds is 2. The predicted octanol–water partition coefficient (Wildman–Crippen LogP) is 0.0113. The summed E-state index contributed by atoms with van der Waals surface area (Å²) in [5, 5.41) is 3.26. The van der Waals surface area contributed by atoms with E-state index < -0.39 is 0 Å². The lowest BCUT2D eigenvalue weighted by Gasteiger charge is -2.11. The predicted molar refractivity (Wildman–Crippen MR) is 39.1 cm³/mol. The number of hydrogen-bond donors (Lipinski definition) is 1. The van der Waals surface area contributed by atoms with Gasteiger partial charge in [0.05, 0.1) is 19.3 Å². The largest absolute Gasteiger partial charge is 0.382 e. The lowest BCUT2D eigenvalue weighted by molar-refractivity contribution is 0.00593. The van der Waals surface area contributed by atoms with E-state index in [-0.39, 0.29) is 0 Å². The van der Waals surface area contributed by atoms with Crippen molar-refractivity contribution in [2.75, 3.05) is 33.4 Å². The molecule has 0 amide bonds. The van der Waals surface area contributed by atoms with E-state index in [1.54, 1.807) is 7.11 Å². The molecular formula is C7H15NO2. The van der Waals surface area contributed by atoms with Crippen LogP contribution in [0.15, 0.2) is 0 Å². The van der Waals surface area contributed by atoms with E-state index in [0.29, 0.717) is 6.10 Å². The Hall–Kier alpha value is -0.120. The Bertz CT molecular complexity index is 79.7. The molecule has 0 radical (unpaired) electrons. The molecule has 3 nitrogen and oxygen atoms in total. The summed E-state index contributed by atoms with van der Waals surface area (Å²) in [5.41, 5.74) is 0. The van der Waals surface area contributed by atoms with Crippen LogP contribution in [0.1, 0.15) is 6.42 Å². The van der Waals surface area contributed by atoms with E-state index in [9.17, 15) is 0 Å². The Morgan fingerprint density at radius 2 is 2.50 bits per heavy atom. The van der Waals surface area contributed by atoms with Gasteiger partial charge >= 0.3 is 0 Å². The summed E-state index contributed by atoms with van der Waals surface area (Å²) in [6.45, 7) is 3.56. The maximum Gasteiger partial charge on any atom is 0.0821 e. The molecule has 0 aromatic carbocycles. The van der Waals surface area contributed by atoms with Crippen molar-refractivity contribution in [3.8, 4) is 0 Å². The van der Waals surface area contributed by atoms with Gasteiger partial charge in [-0.1, -0.05) is 0 Å². The summed E-state index contributed by atoms with van der Waals surface area (Å²) in [4.78, 5) is 0. The molecule has 1 rings (SSSR count). The van der Waals surface area contributed by atoms with Gasteiger partial charge in [-0.15, -0.1) is 0 Å². The lowest BCUT2D eigenvalue weighted by atomic mass is 10.3. The third-order valence-corrected chi connectivity index (χ3v) is 1.63. The molecule has 60 valence electrons. The van der Waals surface area contributed by atoms with Crippen molar-refractivity contribution in [1.29, 1.82) is 0 Å². The first-order chi connectivity index (χ1) is 4.93. The third-order valence-electron chi connectivity index (χ3n) is 1.63. The highest BCUT2D eigenvalue weighted by atomic mass is 16.5. The van der Waals surface area contributed by atoms with Gasteiger partial charge in [0.15, 0.2) is 0 Å². The van der Waals surface area contributed by atoms with Crippen LogP contribution in [0.2, 0.25) is 0 Å². The molecule has 1 heterocycles. The zero-order valence-corrected chi connectivity index (χ0v) is 6.43. The van der Waals surface area contributed by atoms with Crippen LogP contribution in [0.4, 0.5) is 0 Å². The zero-order chi connectivity index (χ0) is 7.23. The van der Waals surface area contributed by atoms with Gasteiger partial charge in [-0.05, 0) is 13.0 Å². The minimum absolute atomic E-state index is 0.306. The third kappa shape index (κ3) is 2.64. The molecule has 3 heteroatoms. The fourth-order valence-corrected chi connectivity index (χ4v) is 1.09. The summed E-state index contributed by atoms with van der Waals surface area (Å²) >= 11 is 0. The normalized spacial score (nSPS) is 27.9. The molecule has 1 atom stereocenters. The van der Waals surface area contributed by atoms with Gasteiger partial charge in [-0.3, -0.25) is 0 Å². The van der Waals surface area contributed by atoms with Gasteiger partial charge in [-0.2, -0.15) is 0 Å². The van der Waals surface area contributed by atoms with Crippen LogP contribution in [-0.2, 0) is 9.47 Å². The highest BCUT2D eigenvalue weighted by Crippen LogP contribution is 2.00. The van der Waals surface area contributed by atoms with E-state index in [2.05, 4.69) is 5.32 Å². The molecule has 1 fully saturated rings. The summed E-state index contributed by atoms with van der Waals surface area (Å²) in [6, 6.07) is 0. The van der Waals surface area contributed by atoms with Crippen LogP contribution >= 0.6 is 0 Å². The summed E-state index contributed by atoms with van der Waals surface area (Å²) < 4.78 is 10.4. The van der Waals surface area contributed by atoms with Gasteiger partial charge in [0.2, 0.25) is 0 Å². The van der Waals surface area contributed by atoms with Gasteiger partial charge in [-0.25, -0.2) is 0 Å². The molecule has 0 aliphatic carbocycles. The Kier molecular flexibility index (Phi) is 3.72. The van der Waals surface area contributed by atoms with E-state index >= 15 is 0 Å². The molecule has 1 N–H and O–H groups in total. The molecule has 0 bridgehead atoms. The van der Waals surface area contributed by atoms with E-state index in [1.165, 1.54) is 0 Å². The van der Waals surface area contributed by atoms with Crippen LogP contribution in [0.5, 0.6) is 0 Å². The lowest BCUT2D eigenvalue weighted by Crippen LogP contribution is -2.19. The van der Waals surface area contributed by atoms with Gasteiger partial charge in [0, 0.05) is 13.7 Å². The molecule has 0 aromatic rings. The maximum atomic E-state index is 5.46. The fourth-order valence-electron chi connectivity index (χ4n) is 1.09. The van der Waals surface area contributed by atoms with Crippen molar-refractivity contribution in [3.63, 3.8) is 0 Å². The fraction of sp³-hybridized carbons (Fsp3) is 1.00. The number of nitrogens with one attached hydrogen (secondary N) is 1. The number of hydrogen-bond acceptors (Lipinski definition) is 3. The van der Waals surface area contributed by atoms with Crippen LogP contribution < -0.4 is 5.32 Å². The minimum atomic E-state index is 0.306. The van der Waals surface area contributed by atoms with E-state index in [0.717, 1.165) is 32.7 Å². The summed E-state index contributed by atoms with van der Waals surface area (Å²) in [7, 11) is 1.71. The standard InChI is InChI=1S/C7H15NO2/c1-9-6-7-2-3-8-4-5-10-7/h7-8H,2-6H2,1H3/t7-/m0/s1. The summed E-state index contributed by atoms with van der Waals surface area (Å²) in [5.74, 6) is 0. The van der Waals surface area contributed by atoms with E-state index in [1.807, 2.05) is 0 Å². The van der Waals surface area contributed by atoms with Gasteiger partial charge in [0.1, 0.15) is 0 Å². The molecule has 0 saturated carbocycles. The zero-order valence-electron chi connectivity index (χ0n) is 6.43. The quantitative estimate of drug-likeness (QED) is 0.594. The monoisotopic (exact) mass is 145 g/mol. The second-order valence-corrected chi connectivity index (χ2v) is 2.49. The van der Waals surface area contributed by atoms with Crippen molar-refractivity contribution in [1.82, 2.24) is 5.32 Å². The SMILES string of the molecule is COC[C@@H]1CCNCCO1. The van der Waals surface area contributed by atoms with Crippen LogP contribution in [0, 0.1) is 0 Å². The average Bonchev–Trinajstić information content (AvgIpc) is 2.17. The highest BCUT2D eigenvalue weighted by molar-refractivity contribution is 4.63. The smallest absolute Gasteiger partial charge is 0.0821 e. The highest BCUT2D eigenvalue weighted by Gasteiger charge is 2.10. The first kappa shape index (κ1) is 7.98. The van der Waals surface area contributed by atoms with Gasteiger partial charge in [0.25, 0.3) is 0 Å². The van der Waals surface area contributed by atoms with Gasteiger partial charge < -0.3 is 14.8 Å². The summed E-state index contributed by atoms with van der Waals surface area (Å²) in [6.07, 6.45) is 1.37. The van der Waals surface area contributed by atoms with Crippen molar-refractivity contribution < 1.29 is 9.47 Å². The molecular weight excluding hydrogens is 130 g/mol. The molecule has 1 aliphatic heterocycles. The number of methoxy groups -OCH3 is 1. The Morgan fingerprint density at radius 3 is 3.30 bits per heavy atom.